The molecule has 0 heterocycles. The summed E-state index contributed by atoms with van der Waals surface area (Å²) in [5, 5.41) is 1.94. The quantitative estimate of drug-likeness (QED) is 0.356. The Labute approximate surface area is 228 Å². The number of hydrogen-bond donors (Lipinski definition) is 2. The average Bonchev–Trinajstić information content (AvgIpc) is 2.84. The maximum absolute atomic E-state index is 13.1. The molecular formula is C24H23ClF3N3O6S2. The third-order valence-corrected chi connectivity index (χ3v) is 8.34. The van der Waals surface area contributed by atoms with Gasteiger partial charge >= 0.3 is 6.18 Å². The number of anilines is 3. The maximum atomic E-state index is 13.1. The van der Waals surface area contributed by atoms with Crippen LogP contribution >= 0.6 is 11.6 Å². The number of ether oxygens (including phenoxy) is 1. The Morgan fingerprint density at radius 1 is 0.949 bits per heavy atom. The Hall–Kier alpha value is -3.49. The van der Waals surface area contributed by atoms with Gasteiger partial charge in [-0.25, -0.2) is 16.8 Å². The molecule has 0 spiro atoms. The second kappa shape index (κ2) is 11.3. The summed E-state index contributed by atoms with van der Waals surface area (Å²) >= 11 is 5.57. The lowest BCUT2D eigenvalue weighted by Crippen LogP contribution is -2.45. The van der Waals surface area contributed by atoms with Crippen LogP contribution in [0.2, 0.25) is 5.02 Å². The van der Waals surface area contributed by atoms with Gasteiger partial charge in [0.1, 0.15) is 11.8 Å². The molecule has 0 bridgehead atoms. The van der Waals surface area contributed by atoms with Gasteiger partial charge in [0.2, 0.25) is 15.9 Å². The standard InChI is InChI=1S/C24H23ClF3N3O6S2/c1-15(31(38(3,33)34)18-7-9-19(37-2)10-8-18)23(32)29-16-4-11-20(12-5-16)39(35,36)30-17-6-13-22(25)21(14-17)24(26,27)28/h4-15,30H,1-3H3,(H,29,32). The van der Waals surface area contributed by atoms with Crippen LogP contribution in [-0.4, -0.2) is 42.2 Å². The highest BCUT2D eigenvalue weighted by molar-refractivity contribution is 7.92. The van der Waals surface area contributed by atoms with E-state index >= 15 is 0 Å². The van der Waals surface area contributed by atoms with Crippen LogP contribution in [0.1, 0.15) is 12.5 Å². The van der Waals surface area contributed by atoms with Gasteiger partial charge in [0.15, 0.2) is 0 Å². The van der Waals surface area contributed by atoms with E-state index in [1.807, 2.05) is 0 Å². The van der Waals surface area contributed by atoms with E-state index in [1.54, 1.807) is 12.1 Å². The number of methoxy groups -OCH3 is 1. The van der Waals surface area contributed by atoms with Crippen molar-refractivity contribution in [2.24, 2.45) is 0 Å². The predicted octanol–water partition coefficient (Wildman–Crippen LogP) is 4.96. The number of carbonyl (C=O) groups excluding carboxylic acids is 1. The van der Waals surface area contributed by atoms with Crippen LogP contribution in [0.25, 0.3) is 0 Å². The average molecular weight is 606 g/mol. The van der Waals surface area contributed by atoms with E-state index < -0.39 is 48.8 Å². The summed E-state index contributed by atoms with van der Waals surface area (Å²) < 4.78 is 97.6. The van der Waals surface area contributed by atoms with E-state index in [0.717, 1.165) is 34.8 Å². The first-order chi connectivity index (χ1) is 18.0. The van der Waals surface area contributed by atoms with Crippen LogP contribution in [0.3, 0.4) is 0 Å². The number of rotatable bonds is 9. The van der Waals surface area contributed by atoms with Crippen LogP contribution in [0, 0.1) is 0 Å². The second-order valence-corrected chi connectivity index (χ2v) is 12.2. The minimum absolute atomic E-state index is 0.153. The fourth-order valence-electron chi connectivity index (χ4n) is 3.52. The topological polar surface area (TPSA) is 122 Å². The summed E-state index contributed by atoms with van der Waals surface area (Å²) in [6.45, 7) is 1.38. The lowest BCUT2D eigenvalue weighted by atomic mass is 10.2. The molecule has 1 unspecified atom stereocenters. The van der Waals surface area contributed by atoms with Gasteiger partial charge in [-0.2, -0.15) is 13.2 Å². The zero-order valence-electron chi connectivity index (χ0n) is 20.7. The van der Waals surface area contributed by atoms with Crippen LogP contribution in [0.5, 0.6) is 5.75 Å². The normalized spacial score (nSPS) is 12.9. The number of sulfonamides is 2. The molecule has 2 N–H and O–H groups in total. The molecule has 1 amide bonds. The lowest BCUT2D eigenvalue weighted by Gasteiger charge is -2.28. The zero-order valence-corrected chi connectivity index (χ0v) is 23.0. The summed E-state index contributed by atoms with van der Waals surface area (Å²) in [5.41, 5.74) is -1.17. The lowest BCUT2D eigenvalue weighted by molar-refractivity contribution is -0.137. The minimum Gasteiger partial charge on any atom is -0.497 e. The van der Waals surface area contributed by atoms with E-state index in [4.69, 9.17) is 16.3 Å². The van der Waals surface area contributed by atoms with Gasteiger partial charge in [-0.05, 0) is 73.7 Å². The molecule has 0 aliphatic rings. The van der Waals surface area contributed by atoms with Gasteiger partial charge in [-0.1, -0.05) is 11.6 Å². The van der Waals surface area contributed by atoms with Crippen molar-refractivity contribution in [3.05, 3.63) is 77.3 Å². The van der Waals surface area contributed by atoms with Crippen molar-refractivity contribution in [3.63, 3.8) is 0 Å². The molecule has 3 aromatic carbocycles. The summed E-state index contributed by atoms with van der Waals surface area (Å²) in [5.74, 6) is -0.212. The molecule has 1 atom stereocenters. The molecule has 0 aliphatic heterocycles. The molecular weight excluding hydrogens is 583 g/mol. The smallest absolute Gasteiger partial charge is 0.417 e. The van der Waals surface area contributed by atoms with E-state index in [1.165, 1.54) is 38.3 Å². The van der Waals surface area contributed by atoms with Crippen molar-refractivity contribution >= 4 is 54.6 Å². The molecule has 0 radical (unpaired) electrons. The molecule has 9 nitrogen and oxygen atoms in total. The number of benzene rings is 3. The zero-order chi connectivity index (χ0) is 29.2. The number of nitrogens with zero attached hydrogens (tertiary/aromatic N) is 1. The summed E-state index contributed by atoms with van der Waals surface area (Å²) in [7, 11) is -6.72. The van der Waals surface area contributed by atoms with Crippen LogP contribution < -0.4 is 19.1 Å². The number of carbonyl (C=O) groups is 1. The van der Waals surface area contributed by atoms with Crippen LogP contribution in [0.4, 0.5) is 30.2 Å². The summed E-state index contributed by atoms with van der Waals surface area (Å²) in [6.07, 6.45) is -3.83. The third kappa shape index (κ3) is 7.34. The van der Waals surface area contributed by atoms with Crippen molar-refractivity contribution in [2.75, 3.05) is 27.7 Å². The molecule has 0 aliphatic carbocycles. The van der Waals surface area contributed by atoms with Crippen molar-refractivity contribution in [1.29, 1.82) is 0 Å². The van der Waals surface area contributed by atoms with Gasteiger partial charge in [0.25, 0.3) is 10.0 Å². The molecule has 3 rings (SSSR count). The molecule has 0 saturated carbocycles. The highest BCUT2D eigenvalue weighted by Gasteiger charge is 2.34. The monoisotopic (exact) mass is 605 g/mol. The van der Waals surface area contributed by atoms with Gasteiger partial charge in [-0.15, -0.1) is 0 Å². The fourth-order valence-corrected chi connectivity index (χ4v) is 5.97. The molecule has 210 valence electrons. The van der Waals surface area contributed by atoms with Crippen LogP contribution in [-0.2, 0) is 31.0 Å². The maximum Gasteiger partial charge on any atom is 0.417 e. The van der Waals surface area contributed by atoms with Crippen molar-refractivity contribution < 1.29 is 39.5 Å². The van der Waals surface area contributed by atoms with Crippen molar-refractivity contribution in [2.45, 2.75) is 24.0 Å². The third-order valence-electron chi connectivity index (χ3n) is 5.37. The van der Waals surface area contributed by atoms with E-state index in [9.17, 15) is 34.8 Å². The predicted molar refractivity (Wildman–Crippen MR) is 142 cm³/mol. The fraction of sp³-hybridized carbons (Fsp3) is 0.208. The Balaban J connectivity index is 1.77. The molecule has 15 heteroatoms. The molecule has 39 heavy (non-hydrogen) atoms. The first-order valence-electron chi connectivity index (χ1n) is 11.0. The van der Waals surface area contributed by atoms with Gasteiger partial charge in [0, 0.05) is 11.4 Å². The summed E-state index contributed by atoms with van der Waals surface area (Å²) in [4.78, 5) is 12.6. The van der Waals surface area contributed by atoms with Crippen molar-refractivity contribution in [1.82, 2.24) is 0 Å². The van der Waals surface area contributed by atoms with Gasteiger partial charge in [0.05, 0.1) is 34.5 Å². The Kier molecular flexibility index (Phi) is 8.72. The highest BCUT2D eigenvalue weighted by Crippen LogP contribution is 2.36. The number of amides is 1. The second-order valence-electron chi connectivity index (χ2n) is 8.24. The first kappa shape index (κ1) is 30.1. The Morgan fingerprint density at radius 2 is 1.51 bits per heavy atom. The van der Waals surface area contributed by atoms with E-state index in [-0.39, 0.29) is 22.0 Å². The molecule has 0 aromatic heterocycles. The largest absolute Gasteiger partial charge is 0.497 e. The summed E-state index contributed by atoms with van der Waals surface area (Å²) in [6, 6.07) is 12.2. The number of hydrogen-bond acceptors (Lipinski definition) is 6. The Bertz CT molecular complexity index is 1560. The first-order valence-corrected chi connectivity index (χ1v) is 14.7. The van der Waals surface area contributed by atoms with Gasteiger partial charge in [-0.3, -0.25) is 13.8 Å². The number of nitrogens with one attached hydrogen (secondary N) is 2. The Morgan fingerprint density at radius 3 is 2.03 bits per heavy atom. The number of halogens is 4. The van der Waals surface area contributed by atoms with Crippen LogP contribution in [0.15, 0.2) is 71.6 Å². The van der Waals surface area contributed by atoms with Gasteiger partial charge < -0.3 is 10.1 Å². The molecule has 0 saturated heterocycles. The van der Waals surface area contributed by atoms with E-state index in [2.05, 4.69) is 10.0 Å². The number of alkyl halides is 3. The van der Waals surface area contributed by atoms with E-state index in [0.29, 0.717) is 11.8 Å². The van der Waals surface area contributed by atoms with Crippen molar-refractivity contribution in [3.8, 4) is 5.75 Å². The molecule has 3 aromatic rings. The highest BCUT2D eigenvalue weighted by atomic mass is 35.5. The minimum atomic E-state index is -4.78. The SMILES string of the molecule is COc1ccc(N(C(C)C(=O)Nc2ccc(S(=O)(=O)Nc3ccc(Cl)c(C(F)(F)F)c3)cc2)S(C)(=O)=O)cc1. The molecule has 0 fully saturated rings.